The van der Waals surface area contributed by atoms with Gasteiger partial charge in [0.2, 0.25) is 0 Å². The molecule has 0 spiro atoms. The van der Waals surface area contributed by atoms with Gasteiger partial charge < -0.3 is 19.7 Å². The Morgan fingerprint density at radius 2 is 1.56 bits per heavy atom. The van der Waals surface area contributed by atoms with Crippen molar-refractivity contribution < 1.29 is 50.8 Å². The minimum atomic E-state index is -0.694. The number of hydrogen-bond acceptors (Lipinski definition) is 4. The largest absolute Gasteiger partial charge is 0 e. The van der Waals surface area contributed by atoms with Gasteiger partial charge in [-0.15, -0.1) is 0 Å². The summed E-state index contributed by atoms with van der Waals surface area (Å²) in [6.45, 7) is 20.9. The Morgan fingerprint density at radius 1 is 1.04 bits per heavy atom. The number of rotatable bonds is 13. The molecule has 0 aromatic heterocycles. The van der Waals surface area contributed by atoms with Gasteiger partial charge in [-0.1, -0.05) is 40.1 Å². The van der Waals surface area contributed by atoms with Crippen molar-refractivity contribution in [3.63, 3.8) is 0 Å². The van der Waals surface area contributed by atoms with Crippen molar-refractivity contribution in [2.24, 2.45) is 5.92 Å². The van der Waals surface area contributed by atoms with Gasteiger partial charge in [-0.25, -0.2) is 0 Å². The van der Waals surface area contributed by atoms with E-state index in [9.17, 15) is 15.0 Å². The standard InChI is InChI=1S/C16H28O4.3CO.Fe/c1-4-5-6-9-15(20-12-17)10-7-8-14(18)11-16(19)13(2)3;3*1-2;/h7-8,10,13-16,18-19H,4-6,9,11H2,1-3H3;;;;/q-1;;;;/t14-,15-,16-;;;;/m1..../s1. The van der Waals surface area contributed by atoms with Crippen molar-refractivity contribution in [3.05, 3.63) is 39.2 Å². The fourth-order valence-corrected chi connectivity index (χ4v) is 1.77. The van der Waals surface area contributed by atoms with Crippen LogP contribution in [0.15, 0.2) is 0 Å². The third kappa shape index (κ3) is 30.1. The van der Waals surface area contributed by atoms with Crippen LogP contribution in [0.4, 0.5) is 0 Å². The molecule has 3 atom stereocenters. The summed E-state index contributed by atoms with van der Waals surface area (Å²) in [5, 5.41) is 19.4. The van der Waals surface area contributed by atoms with E-state index in [0.717, 1.165) is 25.7 Å². The topological polar surface area (TPSA) is 126 Å². The minimum Gasteiger partial charge on any atom is 0 e. The first-order valence-electron chi connectivity index (χ1n) is 8.03. The van der Waals surface area contributed by atoms with Gasteiger partial charge in [0, 0.05) is 23.5 Å². The molecule has 0 aromatic carbocycles. The molecule has 0 heterocycles. The summed E-state index contributed by atoms with van der Waals surface area (Å²) in [7, 11) is 0. The maximum Gasteiger partial charge on any atom is 0 e. The molecule has 0 rings (SSSR count). The van der Waals surface area contributed by atoms with Crippen LogP contribution in [-0.4, -0.2) is 35.0 Å². The molecule has 0 fully saturated rings. The van der Waals surface area contributed by atoms with E-state index in [1.165, 1.54) is 6.47 Å². The third-order valence-electron chi connectivity index (χ3n) is 3.20. The Balaban J connectivity index is -0.000000208. The molecule has 155 valence electrons. The van der Waals surface area contributed by atoms with Crippen molar-refractivity contribution in [1.82, 2.24) is 0 Å². The first kappa shape index (κ1) is 37.0. The summed E-state index contributed by atoms with van der Waals surface area (Å²) in [4.78, 5) is 10.3. The van der Waals surface area contributed by atoms with Crippen LogP contribution >= 0.6 is 0 Å². The Morgan fingerprint density at radius 3 is 1.96 bits per heavy atom. The monoisotopic (exact) mass is 424 g/mol. The predicted molar refractivity (Wildman–Crippen MR) is 90.9 cm³/mol. The molecule has 27 heavy (non-hydrogen) atoms. The average Bonchev–Trinajstić information content (AvgIpc) is 2.66. The fourth-order valence-electron chi connectivity index (χ4n) is 1.77. The second-order valence-corrected chi connectivity index (χ2v) is 5.43. The number of unbranched alkanes of at least 4 members (excludes halogenated alkanes) is 2. The Hall–Kier alpha value is -0.871. The summed E-state index contributed by atoms with van der Waals surface area (Å²) >= 11 is 0. The maximum atomic E-state index is 10.3. The molecule has 3 radical (unpaired) electrons. The molecule has 0 aromatic rings. The molecule has 0 aliphatic rings. The summed E-state index contributed by atoms with van der Waals surface area (Å²) in [5.41, 5.74) is 0. The van der Waals surface area contributed by atoms with Crippen LogP contribution in [0.2, 0.25) is 0 Å². The van der Waals surface area contributed by atoms with Crippen LogP contribution < -0.4 is 0 Å². The zero-order valence-electron chi connectivity index (χ0n) is 15.9. The smallest absolute Gasteiger partial charge is 0 e. The summed E-state index contributed by atoms with van der Waals surface area (Å²) in [6, 6.07) is 0. The van der Waals surface area contributed by atoms with Gasteiger partial charge in [0.15, 0.2) is 0 Å². The minimum absolute atomic E-state index is 0. The van der Waals surface area contributed by atoms with Crippen molar-refractivity contribution >= 4 is 6.47 Å². The van der Waals surface area contributed by atoms with Crippen LogP contribution in [0.5, 0.6) is 0 Å². The van der Waals surface area contributed by atoms with Crippen LogP contribution in [0.1, 0.15) is 52.9 Å². The van der Waals surface area contributed by atoms with Crippen LogP contribution in [-0.2, 0) is 40.6 Å². The van der Waals surface area contributed by atoms with Gasteiger partial charge in [-0.3, -0.25) is 0 Å². The van der Waals surface area contributed by atoms with Gasteiger partial charge in [0.05, 0.1) is 18.3 Å². The molecule has 0 saturated heterocycles. The molecule has 0 aliphatic heterocycles. The van der Waals surface area contributed by atoms with E-state index in [2.05, 4.69) is 26.9 Å². The molecule has 0 bridgehead atoms. The third-order valence-corrected chi connectivity index (χ3v) is 3.20. The van der Waals surface area contributed by atoms with E-state index < -0.39 is 12.2 Å². The van der Waals surface area contributed by atoms with Crippen LogP contribution in [0.3, 0.4) is 0 Å². The molecular formula is C19H28FeO7-. The van der Waals surface area contributed by atoms with Crippen LogP contribution in [0, 0.1) is 45.1 Å². The zero-order chi connectivity index (χ0) is 21.4. The quantitative estimate of drug-likeness (QED) is 0.204. The fraction of sp³-hybridized carbons (Fsp3) is 0.632. The van der Waals surface area contributed by atoms with Crippen molar-refractivity contribution in [1.29, 1.82) is 0 Å². The van der Waals surface area contributed by atoms with E-state index in [1.807, 2.05) is 13.8 Å². The van der Waals surface area contributed by atoms with Gasteiger partial charge in [-0.05, 0) is 38.0 Å². The Kier molecular flexibility index (Phi) is 44.9. The Bertz CT molecular complexity index is 328. The first-order valence-corrected chi connectivity index (χ1v) is 8.03. The van der Waals surface area contributed by atoms with E-state index >= 15 is 0 Å². The van der Waals surface area contributed by atoms with Gasteiger partial charge >= 0.3 is 33.9 Å². The van der Waals surface area contributed by atoms with Crippen molar-refractivity contribution in [2.75, 3.05) is 0 Å². The van der Waals surface area contributed by atoms with E-state index in [1.54, 1.807) is 19.3 Å². The molecule has 7 nitrogen and oxygen atoms in total. The van der Waals surface area contributed by atoms with E-state index in [0.29, 0.717) is 6.42 Å². The number of carbonyl (C=O) groups excluding carboxylic acids is 1. The van der Waals surface area contributed by atoms with E-state index in [4.69, 9.17) is 18.7 Å². The number of aliphatic hydroxyl groups is 2. The van der Waals surface area contributed by atoms with Gasteiger partial charge in [0.25, 0.3) is 0 Å². The molecule has 0 amide bonds. The normalized spacial score (nSPS) is 12.0. The summed E-state index contributed by atoms with van der Waals surface area (Å²) < 4.78 is 27.3. The molecule has 0 unspecified atom stereocenters. The van der Waals surface area contributed by atoms with E-state index in [-0.39, 0.29) is 29.1 Å². The molecular weight excluding hydrogens is 396 g/mol. The van der Waals surface area contributed by atoms with Crippen molar-refractivity contribution in [2.45, 2.75) is 71.2 Å². The van der Waals surface area contributed by atoms with Gasteiger partial charge in [-0.2, -0.15) is 0 Å². The Labute approximate surface area is 173 Å². The SMILES string of the molecule is CCCCC[C@H]([CH][CH][CH][C@@H](O)C[C@@H](O)C(C)C)O[C-]=O.[C-]#[O+].[C-]#[O+].[C-]#[O+].[Fe]. The maximum absolute atomic E-state index is 10.3. The average molecular weight is 424 g/mol. The van der Waals surface area contributed by atoms with Gasteiger partial charge in [0.1, 0.15) is 0 Å². The second-order valence-electron chi connectivity index (χ2n) is 5.43. The molecule has 0 aliphatic carbocycles. The molecule has 2 N–H and O–H groups in total. The number of aliphatic hydroxyl groups excluding tert-OH is 2. The summed E-state index contributed by atoms with van der Waals surface area (Å²) in [5.74, 6) is 0.122. The zero-order valence-corrected chi connectivity index (χ0v) is 17.0. The number of ether oxygens (including phenoxy) is 1. The second kappa shape index (κ2) is 32.8. The van der Waals surface area contributed by atoms with Crippen LogP contribution in [0.25, 0.3) is 0 Å². The molecule has 8 heteroatoms. The predicted octanol–water partition coefficient (Wildman–Crippen LogP) is 2.28. The number of hydrogen-bond donors (Lipinski definition) is 2. The summed E-state index contributed by atoms with van der Waals surface area (Å²) in [6.07, 6.45) is 7.79. The first-order chi connectivity index (χ1) is 12.5. The van der Waals surface area contributed by atoms with Crippen molar-refractivity contribution in [3.8, 4) is 0 Å². The molecule has 0 saturated carbocycles.